The van der Waals surface area contributed by atoms with E-state index in [1.54, 1.807) is 18.2 Å². The van der Waals surface area contributed by atoms with Crippen molar-refractivity contribution < 1.29 is 17.9 Å². The molecule has 1 heterocycles. The molecule has 0 fully saturated rings. The molecule has 0 aliphatic rings. The number of ether oxygens (including phenoxy) is 1. The number of hydrogen-bond donors (Lipinski definition) is 1. The van der Waals surface area contributed by atoms with Crippen molar-refractivity contribution in [3.05, 3.63) is 23.8 Å². The number of nitrogens with zero attached hydrogens (tertiary/aromatic N) is 3. The van der Waals surface area contributed by atoms with Crippen molar-refractivity contribution in [3.63, 3.8) is 0 Å². The van der Waals surface area contributed by atoms with Gasteiger partial charge in [0.2, 0.25) is 21.1 Å². The molecule has 11 heteroatoms. The summed E-state index contributed by atoms with van der Waals surface area (Å²) in [4.78, 5) is 12.4. The van der Waals surface area contributed by atoms with E-state index in [9.17, 15) is 13.2 Å². The Labute approximate surface area is 167 Å². The molecule has 0 bridgehead atoms. The predicted molar refractivity (Wildman–Crippen MR) is 109 cm³/mol. The number of aryl methyl sites for hydroxylation is 1. The maximum atomic E-state index is 12.4. The molecule has 0 saturated carbocycles. The van der Waals surface area contributed by atoms with Crippen LogP contribution in [-0.4, -0.2) is 49.7 Å². The van der Waals surface area contributed by atoms with Crippen molar-refractivity contribution in [1.82, 2.24) is 10.2 Å². The number of rotatable bonds is 8. The highest BCUT2D eigenvalue weighted by atomic mass is 32.2. The number of anilines is 2. The molecule has 0 saturated heterocycles. The molecule has 0 spiro atoms. The average Bonchev–Trinajstić information content (AvgIpc) is 2.97. The number of amides is 1. The number of aromatic nitrogens is 2. The Morgan fingerprint density at radius 1 is 1.37 bits per heavy atom. The van der Waals surface area contributed by atoms with Crippen molar-refractivity contribution in [2.45, 2.75) is 30.4 Å². The first kappa shape index (κ1) is 21.5. The van der Waals surface area contributed by atoms with E-state index in [0.717, 1.165) is 20.5 Å². The van der Waals surface area contributed by atoms with Crippen LogP contribution in [0.3, 0.4) is 0 Å². The number of carbonyl (C=O) groups excluding carboxylic acids is 1. The van der Waals surface area contributed by atoms with Gasteiger partial charge in [-0.1, -0.05) is 43.0 Å². The molecule has 0 aliphatic carbocycles. The van der Waals surface area contributed by atoms with Crippen LogP contribution in [0.2, 0.25) is 0 Å². The van der Waals surface area contributed by atoms with Crippen LogP contribution in [0.1, 0.15) is 19.4 Å². The molecule has 27 heavy (non-hydrogen) atoms. The van der Waals surface area contributed by atoms with Crippen molar-refractivity contribution in [3.8, 4) is 5.75 Å². The monoisotopic (exact) mass is 430 g/mol. The van der Waals surface area contributed by atoms with Crippen LogP contribution >= 0.6 is 23.1 Å². The van der Waals surface area contributed by atoms with Gasteiger partial charge in [0.25, 0.3) is 0 Å². The number of benzene rings is 1. The second-order valence-corrected chi connectivity index (χ2v) is 10.7. The SMILES string of the molecule is COc1ccc(C)cc1N(CC(=O)Nc1nnc(SC(C)C)s1)S(C)(=O)=O. The highest BCUT2D eigenvalue weighted by molar-refractivity contribution is 8.01. The van der Waals surface area contributed by atoms with Crippen LogP contribution in [0.5, 0.6) is 5.75 Å². The Kier molecular flexibility index (Phi) is 7.06. The standard InChI is InChI=1S/C16H22N4O4S3/c1-10(2)25-16-19-18-15(26-16)17-14(21)9-20(27(5,22)23)12-8-11(3)6-7-13(12)24-4/h6-8,10H,9H2,1-5H3,(H,17,18,21). The fourth-order valence-corrected chi connectivity index (χ4v) is 5.02. The zero-order valence-corrected chi connectivity index (χ0v) is 18.2. The molecule has 0 aliphatic heterocycles. The summed E-state index contributed by atoms with van der Waals surface area (Å²) in [6.45, 7) is 5.50. The number of nitrogens with one attached hydrogen (secondary N) is 1. The first-order chi connectivity index (χ1) is 12.6. The maximum Gasteiger partial charge on any atom is 0.246 e. The van der Waals surface area contributed by atoms with Crippen molar-refractivity contribution >= 4 is 49.8 Å². The molecule has 8 nitrogen and oxygen atoms in total. The second kappa shape index (κ2) is 8.89. The zero-order chi connectivity index (χ0) is 20.2. The number of thioether (sulfide) groups is 1. The molecule has 2 aromatic rings. The van der Waals surface area contributed by atoms with Gasteiger partial charge in [0, 0.05) is 5.25 Å². The van der Waals surface area contributed by atoms with Crippen LogP contribution < -0.4 is 14.4 Å². The third-order valence-corrected chi connectivity index (χ3v) is 6.33. The van der Waals surface area contributed by atoms with Crippen LogP contribution in [0.15, 0.2) is 22.5 Å². The quantitative estimate of drug-likeness (QED) is 0.507. The lowest BCUT2D eigenvalue weighted by Crippen LogP contribution is -2.37. The van der Waals surface area contributed by atoms with Gasteiger partial charge in [0.05, 0.1) is 19.1 Å². The van der Waals surface area contributed by atoms with E-state index < -0.39 is 22.5 Å². The summed E-state index contributed by atoms with van der Waals surface area (Å²) in [7, 11) is -2.26. The highest BCUT2D eigenvalue weighted by Gasteiger charge is 2.24. The Morgan fingerprint density at radius 2 is 2.07 bits per heavy atom. The van der Waals surface area contributed by atoms with Gasteiger partial charge in [-0.2, -0.15) is 0 Å². The van der Waals surface area contributed by atoms with E-state index in [-0.39, 0.29) is 0 Å². The zero-order valence-electron chi connectivity index (χ0n) is 15.7. The van der Waals surface area contributed by atoms with Crippen molar-refractivity contribution in [2.75, 3.05) is 29.5 Å². The minimum atomic E-state index is -3.71. The minimum Gasteiger partial charge on any atom is -0.495 e. The third-order valence-electron chi connectivity index (χ3n) is 3.28. The molecule has 1 aromatic carbocycles. The van der Waals surface area contributed by atoms with Gasteiger partial charge in [0.15, 0.2) is 4.34 Å². The van der Waals surface area contributed by atoms with Crippen molar-refractivity contribution in [1.29, 1.82) is 0 Å². The maximum absolute atomic E-state index is 12.4. The van der Waals surface area contributed by atoms with Gasteiger partial charge in [0.1, 0.15) is 12.3 Å². The van der Waals surface area contributed by atoms with Gasteiger partial charge < -0.3 is 4.74 Å². The molecule has 1 N–H and O–H groups in total. The molecule has 148 valence electrons. The summed E-state index contributed by atoms with van der Waals surface area (Å²) in [5, 5.41) is 11.2. The summed E-state index contributed by atoms with van der Waals surface area (Å²) in [6, 6.07) is 5.13. The average molecular weight is 431 g/mol. The van der Waals surface area contributed by atoms with Gasteiger partial charge in [-0.05, 0) is 24.6 Å². The van der Waals surface area contributed by atoms with E-state index >= 15 is 0 Å². The van der Waals surface area contributed by atoms with Gasteiger partial charge in [-0.15, -0.1) is 10.2 Å². The van der Waals surface area contributed by atoms with Crippen LogP contribution in [0, 0.1) is 6.92 Å². The van der Waals surface area contributed by atoms with E-state index in [0.29, 0.717) is 21.8 Å². The summed E-state index contributed by atoms with van der Waals surface area (Å²) in [6.07, 6.45) is 1.05. The van der Waals surface area contributed by atoms with Gasteiger partial charge in [-0.25, -0.2) is 8.42 Å². The molecule has 1 amide bonds. The molecule has 1 aromatic heterocycles. The smallest absolute Gasteiger partial charge is 0.246 e. The van der Waals surface area contributed by atoms with Crippen LogP contribution in [-0.2, 0) is 14.8 Å². The van der Waals surface area contributed by atoms with E-state index in [1.165, 1.54) is 30.2 Å². The Bertz CT molecular complexity index is 912. The fourth-order valence-electron chi connectivity index (χ4n) is 2.17. The molecule has 0 atom stereocenters. The Balaban J connectivity index is 2.21. The first-order valence-electron chi connectivity index (χ1n) is 8.02. The molecular weight excluding hydrogens is 408 g/mol. The number of methoxy groups -OCH3 is 1. The number of carbonyl (C=O) groups is 1. The highest BCUT2D eigenvalue weighted by Crippen LogP contribution is 2.31. The van der Waals surface area contributed by atoms with Crippen LogP contribution in [0.25, 0.3) is 0 Å². The number of sulfonamides is 1. The molecule has 0 radical (unpaired) electrons. The summed E-state index contributed by atoms with van der Waals surface area (Å²) in [5.41, 5.74) is 1.16. The van der Waals surface area contributed by atoms with Crippen LogP contribution in [0.4, 0.5) is 10.8 Å². The van der Waals surface area contributed by atoms with E-state index in [1.807, 2.05) is 20.8 Å². The topological polar surface area (TPSA) is 101 Å². The predicted octanol–water partition coefficient (Wildman–Crippen LogP) is 2.76. The lowest BCUT2D eigenvalue weighted by Gasteiger charge is -2.23. The lowest BCUT2D eigenvalue weighted by molar-refractivity contribution is -0.114. The summed E-state index contributed by atoms with van der Waals surface area (Å²) < 4.78 is 31.6. The van der Waals surface area contributed by atoms with Gasteiger partial charge >= 0.3 is 0 Å². The normalized spacial score (nSPS) is 11.5. The largest absolute Gasteiger partial charge is 0.495 e. The van der Waals surface area contributed by atoms with Gasteiger partial charge in [-0.3, -0.25) is 14.4 Å². The molecule has 0 unspecified atom stereocenters. The third kappa shape index (κ3) is 6.08. The molecule has 2 rings (SSSR count). The Morgan fingerprint density at radius 3 is 2.67 bits per heavy atom. The second-order valence-electron chi connectivity index (χ2n) is 6.03. The minimum absolute atomic E-state index is 0.309. The lowest BCUT2D eigenvalue weighted by atomic mass is 10.2. The summed E-state index contributed by atoms with van der Waals surface area (Å²) in [5.74, 6) is -0.147. The Hall–Kier alpha value is -1.85. The molecular formula is C16H22N4O4S3. The van der Waals surface area contributed by atoms with E-state index in [2.05, 4.69) is 15.5 Å². The van der Waals surface area contributed by atoms with E-state index in [4.69, 9.17) is 4.74 Å². The van der Waals surface area contributed by atoms with Crippen molar-refractivity contribution in [2.24, 2.45) is 0 Å². The first-order valence-corrected chi connectivity index (χ1v) is 11.6. The fraction of sp³-hybridized carbons (Fsp3) is 0.438. The number of hydrogen-bond acceptors (Lipinski definition) is 8. The summed E-state index contributed by atoms with van der Waals surface area (Å²) >= 11 is 2.78.